The zero-order chi connectivity index (χ0) is 11.3. The van der Waals surface area contributed by atoms with Crippen LogP contribution in [0.15, 0.2) is 18.4 Å². The smallest absolute Gasteiger partial charge is 0.139 e. The Bertz CT molecular complexity index is 363. The number of phenols is 1. The number of nitrogen functional groups attached to an aromatic ring is 1. The number of benzene rings is 1. The Morgan fingerprint density at radius 2 is 2.13 bits per heavy atom. The van der Waals surface area contributed by atoms with Crippen LogP contribution >= 0.6 is 0 Å². The minimum Gasteiger partial charge on any atom is -0.506 e. The van der Waals surface area contributed by atoms with Gasteiger partial charge in [-0.2, -0.15) is 4.89 Å². The van der Waals surface area contributed by atoms with E-state index >= 15 is 0 Å². The number of nitrogens with two attached hydrogens (primary N) is 1. The molecule has 0 aliphatic carbocycles. The zero-order valence-corrected chi connectivity index (χ0v) is 8.56. The maximum Gasteiger partial charge on any atom is 0.139 e. The molecule has 0 spiro atoms. The van der Waals surface area contributed by atoms with Gasteiger partial charge >= 0.3 is 0 Å². The number of hydrogen-bond acceptors (Lipinski definition) is 5. The molecule has 0 fully saturated rings. The van der Waals surface area contributed by atoms with Crippen LogP contribution < -0.4 is 5.73 Å². The molecule has 5 nitrogen and oxygen atoms in total. The normalized spacial score (nSPS) is 10.8. The fraction of sp³-hybridized carbons (Fsp3) is 0.200. The van der Waals surface area contributed by atoms with Crippen molar-refractivity contribution in [3.63, 3.8) is 0 Å². The fourth-order valence-electron chi connectivity index (χ4n) is 1.11. The van der Waals surface area contributed by atoms with Gasteiger partial charge in [-0.25, -0.2) is 0 Å². The predicted molar refractivity (Wildman–Crippen MR) is 55.5 cm³/mol. The highest BCUT2D eigenvalue weighted by Crippen LogP contribution is 2.27. The number of aryl methyl sites for hydroxylation is 1. The van der Waals surface area contributed by atoms with Crippen LogP contribution in [-0.2, 0) is 14.8 Å². The topological polar surface area (TPSA) is 73.9 Å². The molecule has 3 N–H and O–H groups in total. The molecule has 0 saturated carbocycles. The monoisotopic (exact) mass is 211 g/mol. The highest BCUT2D eigenvalue weighted by atomic mass is 17.5. The predicted octanol–water partition coefficient (Wildman–Crippen LogP) is 1.76. The van der Waals surface area contributed by atoms with Crippen LogP contribution in [0.5, 0.6) is 5.75 Å². The van der Waals surface area contributed by atoms with Gasteiger partial charge in [-0.3, -0.25) is 0 Å². The molecule has 0 radical (unpaired) electrons. The van der Waals surface area contributed by atoms with Gasteiger partial charge in [0.15, 0.2) is 0 Å². The Kier molecular flexibility index (Phi) is 3.96. The molecule has 0 atom stereocenters. The third-order valence-electron chi connectivity index (χ3n) is 1.88. The van der Waals surface area contributed by atoms with Gasteiger partial charge in [-0.05, 0) is 29.7 Å². The Hall–Kier alpha value is -1.72. The van der Waals surface area contributed by atoms with Crippen LogP contribution in [0.3, 0.4) is 0 Å². The second kappa shape index (κ2) is 5.23. The molecular weight excluding hydrogens is 198 g/mol. The number of aromatic hydroxyl groups is 1. The van der Waals surface area contributed by atoms with Crippen molar-refractivity contribution in [3.8, 4) is 5.75 Å². The summed E-state index contributed by atoms with van der Waals surface area (Å²) in [6.45, 7) is 1.87. The van der Waals surface area contributed by atoms with Crippen molar-refractivity contribution >= 4 is 11.8 Å². The standard InChI is InChI=1S/C10H13NO4/c1-7-3-4-9(12)10(11)8(7)5-6-14-15-13-2/h3-6,12H,11H2,1-2H3/b6-5+. The summed E-state index contributed by atoms with van der Waals surface area (Å²) < 4.78 is 0. The Morgan fingerprint density at radius 1 is 1.40 bits per heavy atom. The van der Waals surface area contributed by atoms with E-state index in [0.29, 0.717) is 11.3 Å². The molecule has 0 unspecified atom stereocenters. The lowest BCUT2D eigenvalue weighted by atomic mass is 10.1. The first-order valence-corrected chi connectivity index (χ1v) is 4.27. The summed E-state index contributed by atoms with van der Waals surface area (Å²) >= 11 is 0. The van der Waals surface area contributed by atoms with E-state index in [1.165, 1.54) is 19.4 Å². The zero-order valence-electron chi connectivity index (χ0n) is 8.56. The first kappa shape index (κ1) is 11.4. The molecule has 0 bridgehead atoms. The van der Waals surface area contributed by atoms with Crippen LogP contribution in [0.4, 0.5) is 5.69 Å². The summed E-state index contributed by atoms with van der Waals surface area (Å²) in [5.41, 5.74) is 7.56. The lowest BCUT2D eigenvalue weighted by Gasteiger charge is -2.06. The van der Waals surface area contributed by atoms with Crippen molar-refractivity contribution in [2.24, 2.45) is 0 Å². The molecule has 1 aromatic carbocycles. The molecule has 15 heavy (non-hydrogen) atoms. The molecule has 0 aliphatic rings. The number of phenolic OH excluding ortho intramolecular Hbond substituents is 1. The molecule has 5 heteroatoms. The van der Waals surface area contributed by atoms with Crippen LogP contribution in [0.25, 0.3) is 6.08 Å². The van der Waals surface area contributed by atoms with E-state index in [4.69, 9.17) is 5.73 Å². The fourth-order valence-corrected chi connectivity index (χ4v) is 1.11. The largest absolute Gasteiger partial charge is 0.506 e. The van der Waals surface area contributed by atoms with E-state index < -0.39 is 0 Å². The number of hydrogen-bond donors (Lipinski definition) is 2. The van der Waals surface area contributed by atoms with E-state index in [1.807, 2.05) is 6.92 Å². The maximum atomic E-state index is 9.37. The van der Waals surface area contributed by atoms with Crippen LogP contribution in [0.1, 0.15) is 11.1 Å². The average Bonchev–Trinajstić information content (AvgIpc) is 2.23. The first-order chi connectivity index (χ1) is 7.16. The minimum absolute atomic E-state index is 0.0351. The molecule has 0 aromatic heterocycles. The molecule has 0 heterocycles. The second-order valence-corrected chi connectivity index (χ2v) is 2.86. The first-order valence-electron chi connectivity index (χ1n) is 4.27. The summed E-state index contributed by atoms with van der Waals surface area (Å²) in [5, 5.41) is 13.5. The summed E-state index contributed by atoms with van der Waals surface area (Å²) in [6, 6.07) is 3.29. The Balaban J connectivity index is 2.84. The van der Waals surface area contributed by atoms with Crippen molar-refractivity contribution in [2.45, 2.75) is 6.92 Å². The molecule has 1 rings (SSSR count). The lowest BCUT2D eigenvalue weighted by molar-refractivity contribution is -0.478. The van der Waals surface area contributed by atoms with Gasteiger partial charge < -0.3 is 15.7 Å². The van der Waals surface area contributed by atoms with Gasteiger partial charge in [0.1, 0.15) is 12.0 Å². The van der Waals surface area contributed by atoms with Gasteiger partial charge in [-0.15, -0.1) is 0 Å². The van der Waals surface area contributed by atoms with Crippen molar-refractivity contribution < 1.29 is 19.9 Å². The highest BCUT2D eigenvalue weighted by molar-refractivity contribution is 5.72. The second-order valence-electron chi connectivity index (χ2n) is 2.86. The third-order valence-corrected chi connectivity index (χ3v) is 1.88. The van der Waals surface area contributed by atoms with Crippen LogP contribution in [-0.4, -0.2) is 12.2 Å². The summed E-state index contributed by atoms with van der Waals surface area (Å²) in [7, 11) is 1.32. The molecule has 0 amide bonds. The number of anilines is 1. The third kappa shape index (κ3) is 2.87. The van der Waals surface area contributed by atoms with Crippen molar-refractivity contribution in [1.29, 1.82) is 0 Å². The van der Waals surface area contributed by atoms with Gasteiger partial charge in [0, 0.05) is 5.56 Å². The molecule has 0 aliphatic heterocycles. The molecule has 1 aromatic rings. The Labute approximate surface area is 87.5 Å². The SMILES string of the molecule is COOO/C=C/c1c(C)ccc(O)c1N. The average molecular weight is 211 g/mol. The van der Waals surface area contributed by atoms with Crippen molar-refractivity contribution in [3.05, 3.63) is 29.5 Å². The Morgan fingerprint density at radius 3 is 2.80 bits per heavy atom. The molecular formula is C10H13NO4. The van der Waals surface area contributed by atoms with Gasteiger partial charge in [0.05, 0.1) is 12.8 Å². The van der Waals surface area contributed by atoms with E-state index in [-0.39, 0.29) is 5.75 Å². The van der Waals surface area contributed by atoms with Crippen LogP contribution in [0, 0.1) is 6.92 Å². The highest BCUT2D eigenvalue weighted by Gasteiger charge is 2.04. The molecule has 0 saturated heterocycles. The minimum atomic E-state index is 0.0351. The van der Waals surface area contributed by atoms with Crippen LogP contribution in [0.2, 0.25) is 0 Å². The summed E-state index contributed by atoms with van der Waals surface area (Å²) in [5.74, 6) is 0.0351. The quantitative estimate of drug-likeness (QED) is 0.198. The van der Waals surface area contributed by atoms with Crippen molar-refractivity contribution in [1.82, 2.24) is 0 Å². The van der Waals surface area contributed by atoms with Gasteiger partial charge in [0.2, 0.25) is 0 Å². The number of rotatable bonds is 4. The van der Waals surface area contributed by atoms with Crippen molar-refractivity contribution in [2.75, 3.05) is 12.8 Å². The van der Waals surface area contributed by atoms with E-state index in [0.717, 1.165) is 5.56 Å². The summed E-state index contributed by atoms with van der Waals surface area (Å²) in [4.78, 5) is 8.71. The van der Waals surface area contributed by atoms with E-state index in [1.54, 1.807) is 12.1 Å². The molecule has 82 valence electrons. The van der Waals surface area contributed by atoms with E-state index in [9.17, 15) is 5.11 Å². The van der Waals surface area contributed by atoms with Gasteiger partial charge in [-0.1, -0.05) is 6.07 Å². The summed E-state index contributed by atoms with van der Waals surface area (Å²) in [6.07, 6.45) is 2.84. The lowest BCUT2D eigenvalue weighted by Crippen LogP contribution is -1.93. The van der Waals surface area contributed by atoms with Gasteiger partial charge in [0.25, 0.3) is 0 Å². The maximum absolute atomic E-state index is 9.37. The van der Waals surface area contributed by atoms with E-state index in [2.05, 4.69) is 14.8 Å².